The molecular formula is C10H13N3O5S. The van der Waals surface area contributed by atoms with Crippen LogP contribution in [0.25, 0.3) is 0 Å². The number of nitrogens with zero attached hydrogens (tertiary/aromatic N) is 2. The fraction of sp³-hybridized carbons (Fsp3) is 0.200. The van der Waals surface area contributed by atoms with Crippen molar-refractivity contribution in [3.8, 4) is 0 Å². The Kier molecular flexibility index (Phi) is 4.59. The van der Waals surface area contributed by atoms with Crippen LogP contribution in [-0.4, -0.2) is 32.9 Å². The number of benzene rings is 1. The van der Waals surface area contributed by atoms with Gasteiger partial charge < -0.3 is 4.74 Å². The summed E-state index contributed by atoms with van der Waals surface area (Å²) in [5.74, 6) is -0.848. The van der Waals surface area contributed by atoms with E-state index in [9.17, 15) is 18.4 Å². The van der Waals surface area contributed by atoms with Crippen molar-refractivity contribution in [3.05, 3.63) is 23.8 Å². The molecule has 104 valence electrons. The van der Waals surface area contributed by atoms with Crippen LogP contribution in [0.4, 0.5) is 5.69 Å². The maximum absolute atomic E-state index is 11.4. The number of sulfonamides is 1. The second-order valence-electron chi connectivity index (χ2n) is 3.38. The molecule has 0 saturated heterocycles. The number of anilines is 1. The van der Waals surface area contributed by atoms with Gasteiger partial charge in [-0.15, -0.1) is 5.17 Å². The van der Waals surface area contributed by atoms with E-state index in [1.165, 1.54) is 18.3 Å². The van der Waals surface area contributed by atoms with Crippen LogP contribution >= 0.6 is 0 Å². The summed E-state index contributed by atoms with van der Waals surface area (Å²) >= 11 is 0. The van der Waals surface area contributed by atoms with Crippen molar-refractivity contribution >= 4 is 27.9 Å². The first kappa shape index (κ1) is 15.1. The Hall–Kier alpha value is -1.97. The summed E-state index contributed by atoms with van der Waals surface area (Å²) < 4.78 is 27.3. The van der Waals surface area contributed by atoms with Crippen molar-refractivity contribution < 1.29 is 23.2 Å². The van der Waals surface area contributed by atoms with E-state index < -0.39 is 20.9 Å². The quantitative estimate of drug-likeness (QED) is 0.467. The van der Waals surface area contributed by atoms with E-state index >= 15 is 0 Å². The van der Waals surface area contributed by atoms with E-state index in [-0.39, 0.29) is 11.3 Å². The molecule has 0 aliphatic carbocycles. The van der Waals surface area contributed by atoms with Gasteiger partial charge in [-0.25, -0.2) is 18.4 Å². The molecule has 0 heterocycles. The zero-order valence-electron chi connectivity index (χ0n) is 10.3. The molecular weight excluding hydrogens is 274 g/mol. The number of primary sulfonamides is 1. The number of hydrogen-bond acceptors (Lipinski definition) is 7. The van der Waals surface area contributed by atoms with Crippen LogP contribution in [0.5, 0.6) is 0 Å². The fourth-order valence-electron chi connectivity index (χ4n) is 1.33. The maximum atomic E-state index is 11.4. The van der Waals surface area contributed by atoms with Crippen LogP contribution in [0.15, 0.2) is 28.2 Å². The second kappa shape index (κ2) is 5.78. The number of nitrogens with two attached hydrogens (primary N) is 1. The number of hydrazone groups is 1. The van der Waals surface area contributed by atoms with Crippen LogP contribution in [0, 0.1) is 0 Å². The van der Waals surface area contributed by atoms with Crippen LogP contribution < -0.4 is 10.3 Å². The molecule has 1 aromatic carbocycles. The summed E-state index contributed by atoms with van der Waals surface area (Å²) in [5.41, 5.74) is -0.183. The molecule has 3 N–H and O–H groups in total. The van der Waals surface area contributed by atoms with Gasteiger partial charge in [0.05, 0.1) is 23.3 Å². The number of ether oxygens (including phenoxy) is 1. The lowest BCUT2D eigenvalue weighted by atomic mass is 10.2. The summed E-state index contributed by atoms with van der Waals surface area (Å²) in [5, 5.41) is 18.5. The largest absolute Gasteiger partial charge is 0.465 e. The van der Waals surface area contributed by atoms with Gasteiger partial charge in [-0.2, -0.15) is 5.10 Å². The lowest BCUT2D eigenvalue weighted by Gasteiger charge is -2.13. The van der Waals surface area contributed by atoms with Crippen LogP contribution in [-0.2, 0) is 14.8 Å². The molecule has 0 unspecified atom stereocenters. The third-order valence-corrected chi connectivity index (χ3v) is 3.08. The molecule has 0 radical (unpaired) electrons. The standard InChI is InChI=1S/C10H13N3O5S/c1-3-12-13(15)7-4-5-8(10(14)18-2)9(6-7)19(11,16)17/h3-6,15H,1-2H3,(H2,11,16,17). The monoisotopic (exact) mass is 287 g/mol. The Morgan fingerprint density at radius 1 is 1.53 bits per heavy atom. The molecule has 0 spiro atoms. The fourth-order valence-corrected chi connectivity index (χ4v) is 2.07. The highest BCUT2D eigenvalue weighted by atomic mass is 32.2. The Morgan fingerprint density at radius 2 is 2.16 bits per heavy atom. The summed E-state index contributed by atoms with van der Waals surface area (Å²) in [6.45, 7) is 1.56. The number of rotatable bonds is 4. The Morgan fingerprint density at radius 3 is 2.63 bits per heavy atom. The predicted octanol–water partition coefficient (Wildman–Crippen LogP) is 0.322. The second-order valence-corrected chi connectivity index (χ2v) is 4.91. The van der Waals surface area contributed by atoms with Gasteiger partial charge in [0.1, 0.15) is 0 Å². The van der Waals surface area contributed by atoms with Crippen molar-refractivity contribution in [2.45, 2.75) is 11.8 Å². The Bertz CT molecular complexity index is 612. The molecule has 9 heteroatoms. The van der Waals surface area contributed by atoms with E-state index in [2.05, 4.69) is 9.84 Å². The Labute approximate surface area is 110 Å². The van der Waals surface area contributed by atoms with Gasteiger partial charge in [-0.05, 0) is 25.1 Å². The smallest absolute Gasteiger partial charge is 0.339 e. The topological polar surface area (TPSA) is 122 Å². The number of carbonyl (C=O) groups excluding carboxylic acids is 1. The van der Waals surface area contributed by atoms with E-state index in [1.54, 1.807) is 6.92 Å². The van der Waals surface area contributed by atoms with Gasteiger partial charge in [0.15, 0.2) is 0 Å². The van der Waals surface area contributed by atoms with E-state index in [1.807, 2.05) is 0 Å². The molecule has 0 aromatic heterocycles. The van der Waals surface area contributed by atoms with Crippen molar-refractivity contribution in [1.29, 1.82) is 0 Å². The first-order valence-corrected chi connectivity index (χ1v) is 6.58. The zero-order chi connectivity index (χ0) is 14.6. The number of hydrogen-bond donors (Lipinski definition) is 2. The van der Waals surface area contributed by atoms with E-state index in [0.29, 0.717) is 5.17 Å². The number of esters is 1. The number of methoxy groups -OCH3 is 1. The van der Waals surface area contributed by atoms with Crippen molar-refractivity contribution in [2.75, 3.05) is 12.3 Å². The lowest BCUT2D eigenvalue weighted by molar-refractivity contribution is 0.0596. The highest BCUT2D eigenvalue weighted by Crippen LogP contribution is 2.22. The van der Waals surface area contributed by atoms with Crippen LogP contribution in [0.2, 0.25) is 0 Å². The third kappa shape index (κ3) is 3.50. The minimum absolute atomic E-state index is 0.0368. The van der Waals surface area contributed by atoms with Gasteiger partial charge in [0.2, 0.25) is 10.0 Å². The molecule has 0 fully saturated rings. The van der Waals surface area contributed by atoms with Crippen molar-refractivity contribution in [3.63, 3.8) is 0 Å². The van der Waals surface area contributed by atoms with E-state index in [0.717, 1.165) is 13.2 Å². The van der Waals surface area contributed by atoms with Crippen LogP contribution in [0.1, 0.15) is 17.3 Å². The van der Waals surface area contributed by atoms with Gasteiger partial charge >= 0.3 is 5.97 Å². The molecule has 0 bridgehead atoms. The lowest BCUT2D eigenvalue weighted by Crippen LogP contribution is -2.19. The van der Waals surface area contributed by atoms with E-state index in [4.69, 9.17) is 5.14 Å². The van der Waals surface area contributed by atoms with Crippen LogP contribution in [0.3, 0.4) is 0 Å². The molecule has 0 amide bonds. The molecule has 0 atom stereocenters. The molecule has 8 nitrogen and oxygen atoms in total. The summed E-state index contributed by atoms with van der Waals surface area (Å²) in [6, 6.07) is 3.50. The minimum atomic E-state index is -4.15. The molecule has 19 heavy (non-hydrogen) atoms. The number of carbonyl (C=O) groups is 1. The summed E-state index contributed by atoms with van der Waals surface area (Å²) in [4.78, 5) is 11.0. The first-order chi connectivity index (χ1) is 8.81. The average molecular weight is 287 g/mol. The van der Waals surface area contributed by atoms with Gasteiger partial charge in [0, 0.05) is 6.21 Å². The molecule has 1 rings (SSSR count). The normalized spacial score (nSPS) is 11.6. The minimum Gasteiger partial charge on any atom is -0.465 e. The van der Waals surface area contributed by atoms with Crippen molar-refractivity contribution in [1.82, 2.24) is 0 Å². The predicted molar refractivity (Wildman–Crippen MR) is 67.6 cm³/mol. The molecule has 0 aliphatic rings. The zero-order valence-corrected chi connectivity index (χ0v) is 11.1. The highest BCUT2D eigenvalue weighted by molar-refractivity contribution is 7.89. The molecule has 0 aliphatic heterocycles. The average Bonchev–Trinajstić information content (AvgIpc) is 2.36. The third-order valence-electron chi connectivity index (χ3n) is 2.13. The van der Waals surface area contributed by atoms with Gasteiger partial charge in [-0.1, -0.05) is 0 Å². The van der Waals surface area contributed by atoms with Crippen molar-refractivity contribution in [2.24, 2.45) is 10.2 Å². The summed E-state index contributed by atoms with van der Waals surface area (Å²) in [7, 11) is -3.04. The first-order valence-electron chi connectivity index (χ1n) is 5.04. The molecule has 0 saturated carbocycles. The molecule has 1 aromatic rings. The Balaban J connectivity index is 3.44. The maximum Gasteiger partial charge on any atom is 0.339 e. The van der Waals surface area contributed by atoms with Gasteiger partial charge in [0.25, 0.3) is 0 Å². The highest BCUT2D eigenvalue weighted by Gasteiger charge is 2.21. The summed E-state index contributed by atoms with van der Waals surface area (Å²) in [6.07, 6.45) is 1.30. The van der Waals surface area contributed by atoms with Gasteiger partial charge in [-0.3, -0.25) is 5.21 Å². The SMILES string of the molecule is CC=NN(O)c1ccc(C(=O)OC)c(S(N)(=O)=O)c1.